The maximum atomic E-state index is 14.3. The number of rotatable bonds is 6. The molecule has 1 aromatic carbocycles. The minimum atomic E-state index is -0.484. The number of fused-ring (bicyclic) bond motifs is 1. The molecule has 2 heterocycles. The van der Waals surface area contributed by atoms with E-state index in [9.17, 15) is 14.0 Å². The molecule has 0 aliphatic carbocycles. The molecule has 0 aliphatic heterocycles. The van der Waals surface area contributed by atoms with Gasteiger partial charge in [-0.2, -0.15) is 0 Å². The zero-order chi connectivity index (χ0) is 20.6. The summed E-state index contributed by atoms with van der Waals surface area (Å²) in [5.74, 6) is 0.0235. The number of hydrogen-bond acceptors (Lipinski definition) is 4. The second-order valence-electron chi connectivity index (χ2n) is 6.81. The maximum absolute atomic E-state index is 14.3. The van der Waals surface area contributed by atoms with Crippen molar-refractivity contribution in [3.8, 4) is 0 Å². The smallest absolute Gasteiger partial charge is 0.333 e. The van der Waals surface area contributed by atoms with Crippen LogP contribution in [0, 0.1) is 12.7 Å². The molecule has 0 bridgehead atoms. The van der Waals surface area contributed by atoms with Gasteiger partial charge < -0.3 is 9.30 Å². The first-order valence-corrected chi connectivity index (χ1v) is 9.29. The van der Waals surface area contributed by atoms with Crippen molar-refractivity contribution in [1.29, 1.82) is 0 Å². The topological polar surface area (TPSA) is 71.1 Å². The highest BCUT2D eigenvalue weighted by atomic mass is 35.5. The van der Waals surface area contributed by atoms with Gasteiger partial charge in [-0.15, -0.1) is 0 Å². The molecule has 3 aromatic rings. The van der Waals surface area contributed by atoms with Crippen LogP contribution in [0.1, 0.15) is 31.3 Å². The van der Waals surface area contributed by atoms with Crippen LogP contribution in [0.15, 0.2) is 27.8 Å². The van der Waals surface area contributed by atoms with Crippen molar-refractivity contribution in [3.05, 3.63) is 61.3 Å². The van der Waals surface area contributed by atoms with Crippen LogP contribution in [0.3, 0.4) is 0 Å². The van der Waals surface area contributed by atoms with E-state index in [2.05, 4.69) is 4.98 Å². The highest BCUT2D eigenvalue weighted by Crippen LogP contribution is 2.23. The van der Waals surface area contributed by atoms with Gasteiger partial charge in [0.25, 0.3) is 5.56 Å². The van der Waals surface area contributed by atoms with Crippen molar-refractivity contribution in [2.45, 2.75) is 39.9 Å². The third kappa shape index (κ3) is 3.38. The Morgan fingerprint density at radius 2 is 1.96 bits per heavy atom. The predicted octanol–water partition coefficient (Wildman–Crippen LogP) is 2.74. The summed E-state index contributed by atoms with van der Waals surface area (Å²) in [6.45, 7) is 5.75. The van der Waals surface area contributed by atoms with E-state index in [0.717, 1.165) is 4.57 Å². The zero-order valence-corrected chi connectivity index (χ0v) is 17.0. The molecule has 0 aliphatic rings. The summed E-state index contributed by atoms with van der Waals surface area (Å²) >= 11 is 6.17. The summed E-state index contributed by atoms with van der Waals surface area (Å²) in [7, 11) is 1.50. The molecule has 0 fully saturated rings. The summed E-state index contributed by atoms with van der Waals surface area (Å²) in [6.07, 6.45) is 0. The molecule has 150 valence electrons. The summed E-state index contributed by atoms with van der Waals surface area (Å²) < 4.78 is 23.6. The molecule has 0 saturated carbocycles. The van der Waals surface area contributed by atoms with E-state index in [1.165, 1.54) is 23.8 Å². The first-order chi connectivity index (χ1) is 13.3. The van der Waals surface area contributed by atoms with Gasteiger partial charge in [0, 0.05) is 23.7 Å². The van der Waals surface area contributed by atoms with Gasteiger partial charge in [-0.3, -0.25) is 13.9 Å². The average molecular weight is 409 g/mol. The van der Waals surface area contributed by atoms with Crippen LogP contribution >= 0.6 is 11.6 Å². The van der Waals surface area contributed by atoms with Crippen LogP contribution in [-0.2, 0) is 17.8 Å². The molecule has 0 unspecified atom stereocenters. The fourth-order valence-corrected chi connectivity index (χ4v) is 3.47. The van der Waals surface area contributed by atoms with Crippen molar-refractivity contribution in [2.24, 2.45) is 0 Å². The molecular formula is C19H22ClFN4O3. The van der Waals surface area contributed by atoms with Gasteiger partial charge in [0.15, 0.2) is 11.2 Å². The van der Waals surface area contributed by atoms with Crippen LogP contribution in [-0.4, -0.2) is 32.4 Å². The highest BCUT2D eigenvalue weighted by Gasteiger charge is 2.22. The van der Waals surface area contributed by atoms with E-state index >= 15 is 0 Å². The lowest BCUT2D eigenvalue weighted by Crippen LogP contribution is -2.42. The van der Waals surface area contributed by atoms with E-state index in [4.69, 9.17) is 16.3 Å². The van der Waals surface area contributed by atoms with Gasteiger partial charge in [-0.1, -0.05) is 17.7 Å². The largest absolute Gasteiger partial charge is 0.383 e. The number of aromatic nitrogens is 4. The number of imidazole rings is 1. The Labute approximate surface area is 165 Å². The molecule has 9 heteroatoms. The summed E-state index contributed by atoms with van der Waals surface area (Å²) in [6, 6.07) is 4.21. The number of benzene rings is 1. The number of halogens is 2. The first-order valence-electron chi connectivity index (χ1n) is 8.91. The monoisotopic (exact) mass is 408 g/mol. The molecule has 28 heavy (non-hydrogen) atoms. The lowest BCUT2D eigenvalue weighted by atomic mass is 10.2. The van der Waals surface area contributed by atoms with E-state index < -0.39 is 17.1 Å². The Morgan fingerprint density at radius 3 is 2.57 bits per heavy atom. The molecule has 0 atom stereocenters. The minimum absolute atomic E-state index is 0.0314. The van der Waals surface area contributed by atoms with E-state index in [0.29, 0.717) is 5.82 Å². The molecular weight excluding hydrogens is 387 g/mol. The SMILES string of the molecule is COCCn1c(=O)c2c(nc(C)n2Cc2c(F)cccc2Cl)n(C(C)C)c1=O. The van der Waals surface area contributed by atoms with Crippen LogP contribution < -0.4 is 11.2 Å². The number of aryl methyl sites for hydroxylation is 1. The van der Waals surface area contributed by atoms with Crippen molar-refractivity contribution in [3.63, 3.8) is 0 Å². The van der Waals surface area contributed by atoms with E-state index in [-0.39, 0.29) is 47.5 Å². The maximum Gasteiger partial charge on any atom is 0.333 e. The molecule has 0 radical (unpaired) electrons. The first kappa shape index (κ1) is 20.3. The number of nitrogens with zero attached hydrogens (tertiary/aromatic N) is 4. The number of methoxy groups -OCH3 is 1. The highest BCUT2D eigenvalue weighted by molar-refractivity contribution is 6.31. The van der Waals surface area contributed by atoms with Gasteiger partial charge in [-0.25, -0.2) is 14.2 Å². The van der Waals surface area contributed by atoms with Gasteiger partial charge in [0.2, 0.25) is 0 Å². The van der Waals surface area contributed by atoms with Crippen molar-refractivity contribution < 1.29 is 9.13 Å². The second kappa shape index (κ2) is 7.89. The van der Waals surface area contributed by atoms with Gasteiger partial charge >= 0.3 is 5.69 Å². The Balaban J connectivity index is 2.33. The van der Waals surface area contributed by atoms with Crippen molar-refractivity contribution in [1.82, 2.24) is 18.7 Å². The Bertz CT molecular complexity index is 1130. The Hall–Kier alpha value is -2.45. The summed E-state index contributed by atoms with van der Waals surface area (Å²) in [5.41, 5.74) is -0.151. The minimum Gasteiger partial charge on any atom is -0.383 e. The normalized spacial score (nSPS) is 11.7. The Morgan fingerprint density at radius 1 is 1.25 bits per heavy atom. The third-order valence-corrected chi connectivity index (χ3v) is 5.02. The van der Waals surface area contributed by atoms with Gasteiger partial charge in [0.1, 0.15) is 11.6 Å². The zero-order valence-electron chi connectivity index (χ0n) is 16.2. The molecule has 0 spiro atoms. The van der Waals surface area contributed by atoms with E-state index in [1.54, 1.807) is 17.6 Å². The van der Waals surface area contributed by atoms with Crippen LogP contribution in [0.25, 0.3) is 11.2 Å². The second-order valence-corrected chi connectivity index (χ2v) is 7.22. The molecule has 0 amide bonds. The molecule has 2 aromatic heterocycles. The predicted molar refractivity (Wildman–Crippen MR) is 106 cm³/mol. The number of ether oxygens (including phenoxy) is 1. The molecule has 7 nitrogen and oxygen atoms in total. The van der Waals surface area contributed by atoms with Crippen molar-refractivity contribution in [2.75, 3.05) is 13.7 Å². The van der Waals surface area contributed by atoms with Crippen molar-refractivity contribution >= 4 is 22.8 Å². The fraction of sp³-hybridized carbons (Fsp3) is 0.421. The number of hydrogen-bond donors (Lipinski definition) is 0. The quantitative estimate of drug-likeness (QED) is 0.628. The van der Waals surface area contributed by atoms with Crippen LogP contribution in [0.5, 0.6) is 0 Å². The fourth-order valence-electron chi connectivity index (χ4n) is 3.24. The molecule has 3 rings (SSSR count). The average Bonchev–Trinajstić information content (AvgIpc) is 2.94. The summed E-state index contributed by atoms with van der Waals surface area (Å²) in [4.78, 5) is 30.5. The van der Waals surface area contributed by atoms with Gasteiger partial charge in [0.05, 0.1) is 19.7 Å². The standard InChI is InChI=1S/C19H22ClFN4O3/c1-11(2)25-17-16(18(26)23(19(25)27)8-9-28-4)24(12(3)22-17)10-13-14(20)6-5-7-15(13)21/h5-7,11H,8-10H2,1-4H3. The van der Waals surface area contributed by atoms with E-state index in [1.807, 2.05) is 13.8 Å². The van der Waals surface area contributed by atoms with Crippen LogP contribution in [0.2, 0.25) is 5.02 Å². The third-order valence-electron chi connectivity index (χ3n) is 4.67. The lowest BCUT2D eigenvalue weighted by Gasteiger charge is -2.15. The molecule has 0 N–H and O–H groups in total. The summed E-state index contributed by atoms with van der Waals surface area (Å²) in [5, 5.41) is 0.262. The Kier molecular flexibility index (Phi) is 5.71. The molecule has 0 saturated heterocycles. The van der Waals surface area contributed by atoms with Crippen LogP contribution in [0.4, 0.5) is 4.39 Å². The van der Waals surface area contributed by atoms with Gasteiger partial charge in [-0.05, 0) is 32.9 Å². The lowest BCUT2D eigenvalue weighted by molar-refractivity contribution is 0.184.